The van der Waals surface area contributed by atoms with E-state index >= 15 is 0 Å². The topological polar surface area (TPSA) is 38.8 Å². The summed E-state index contributed by atoms with van der Waals surface area (Å²) in [7, 11) is -0.0169. The predicted octanol–water partition coefficient (Wildman–Crippen LogP) is 3.41. The van der Waals surface area contributed by atoms with Crippen LogP contribution >= 0.6 is 15.9 Å². The molecule has 4 nitrogen and oxygen atoms in total. The molecular weight excluding hydrogens is 374 g/mol. The van der Waals surface area contributed by atoms with E-state index in [4.69, 9.17) is 9.16 Å². The van der Waals surface area contributed by atoms with Crippen LogP contribution in [0.4, 0.5) is 0 Å². The van der Waals surface area contributed by atoms with Crippen molar-refractivity contribution < 1.29 is 14.0 Å². The van der Waals surface area contributed by atoms with Gasteiger partial charge < -0.3 is 14.1 Å². The predicted molar refractivity (Wildman–Crippen MR) is 96.4 cm³/mol. The van der Waals surface area contributed by atoms with Crippen molar-refractivity contribution in [1.82, 2.24) is 4.90 Å². The maximum atomic E-state index is 12.8. The molecule has 1 aliphatic carbocycles. The van der Waals surface area contributed by atoms with Gasteiger partial charge in [-0.05, 0) is 43.8 Å². The average molecular weight is 398 g/mol. The van der Waals surface area contributed by atoms with Crippen molar-refractivity contribution >= 4 is 30.2 Å². The fourth-order valence-corrected chi connectivity index (χ4v) is 5.71. The fourth-order valence-electron chi connectivity index (χ4n) is 3.60. The van der Waals surface area contributed by atoms with Crippen LogP contribution in [-0.2, 0) is 15.8 Å². The summed E-state index contributed by atoms with van der Waals surface area (Å²) in [6.45, 7) is 7.20. The number of hydrogen-bond donors (Lipinski definition) is 0. The van der Waals surface area contributed by atoms with Crippen molar-refractivity contribution in [2.24, 2.45) is 5.92 Å². The summed E-state index contributed by atoms with van der Waals surface area (Å²) >= 11 is 3.77. The highest BCUT2D eigenvalue weighted by atomic mass is 79.9. The number of hydrogen-bond acceptors (Lipinski definition) is 3. The van der Waals surface area contributed by atoms with Gasteiger partial charge in [-0.3, -0.25) is 4.79 Å². The molecule has 2 fully saturated rings. The Hall–Kier alpha value is -0.853. The smallest absolute Gasteiger partial charge is 0.229 e. The van der Waals surface area contributed by atoms with Gasteiger partial charge in [-0.1, -0.05) is 28.1 Å². The minimum atomic E-state index is -1.68. The van der Waals surface area contributed by atoms with Gasteiger partial charge >= 0.3 is 0 Å². The first-order valence-electron chi connectivity index (χ1n) is 8.05. The first kappa shape index (κ1) is 17.0. The Morgan fingerprint density at radius 2 is 1.91 bits per heavy atom. The van der Waals surface area contributed by atoms with Crippen LogP contribution in [0.15, 0.2) is 24.3 Å². The van der Waals surface area contributed by atoms with Gasteiger partial charge in [0, 0.05) is 11.4 Å². The molecule has 1 aromatic carbocycles. The molecular formula is C17H24BrNO3Si. The highest BCUT2D eigenvalue weighted by Crippen LogP contribution is 2.45. The molecule has 1 aromatic rings. The third-order valence-corrected chi connectivity index (χ3v) is 6.44. The van der Waals surface area contributed by atoms with E-state index in [1.165, 1.54) is 0 Å². The maximum Gasteiger partial charge on any atom is 0.229 e. The number of piperidine rings is 1. The summed E-state index contributed by atoms with van der Waals surface area (Å²) in [4.78, 5) is 15.1. The minimum Gasteiger partial charge on any atom is -0.497 e. The van der Waals surface area contributed by atoms with Crippen molar-refractivity contribution in [1.29, 1.82) is 0 Å². The van der Waals surface area contributed by atoms with Gasteiger partial charge in [0.15, 0.2) is 8.32 Å². The fraction of sp³-hybridized carbons (Fsp3) is 0.588. The summed E-state index contributed by atoms with van der Waals surface area (Å²) in [5.41, 5.74) is 1.12. The van der Waals surface area contributed by atoms with Crippen LogP contribution in [0.2, 0.25) is 19.6 Å². The average Bonchev–Trinajstić information content (AvgIpc) is 2.90. The van der Waals surface area contributed by atoms with Crippen molar-refractivity contribution in [2.75, 3.05) is 7.11 Å². The molecule has 0 aromatic heterocycles. The Morgan fingerprint density at radius 3 is 2.48 bits per heavy atom. The van der Waals surface area contributed by atoms with E-state index in [-0.39, 0.29) is 24.0 Å². The van der Waals surface area contributed by atoms with Gasteiger partial charge in [0.1, 0.15) is 5.75 Å². The van der Waals surface area contributed by atoms with Crippen LogP contribution in [0.25, 0.3) is 0 Å². The number of likely N-dealkylation sites (tertiary alicyclic amines) is 1. The molecule has 1 amide bonds. The molecule has 126 valence electrons. The number of ether oxygens (including phenoxy) is 1. The third kappa shape index (κ3) is 3.34. The molecule has 1 aliphatic heterocycles. The molecule has 6 heteroatoms. The molecule has 0 radical (unpaired) electrons. The Morgan fingerprint density at radius 1 is 1.26 bits per heavy atom. The molecule has 1 heterocycles. The minimum absolute atomic E-state index is 0.00866. The second-order valence-corrected chi connectivity index (χ2v) is 13.0. The van der Waals surface area contributed by atoms with E-state index in [2.05, 4.69) is 35.6 Å². The second-order valence-electron chi connectivity index (χ2n) is 7.36. The molecule has 2 bridgehead atoms. The van der Waals surface area contributed by atoms with Crippen molar-refractivity contribution in [2.45, 2.75) is 49.6 Å². The number of nitrogens with zero attached hydrogens (tertiary/aromatic N) is 1. The number of amides is 1. The van der Waals surface area contributed by atoms with Gasteiger partial charge in [0.2, 0.25) is 5.91 Å². The highest BCUT2D eigenvalue weighted by molar-refractivity contribution is 9.09. The number of benzene rings is 1. The lowest BCUT2D eigenvalue weighted by atomic mass is 10.1. The van der Waals surface area contributed by atoms with Crippen molar-refractivity contribution in [3.8, 4) is 5.75 Å². The standard InChI is InChI=1S/C17H24BrNO3Si/c1-21-12-7-5-11(6-8-12)10-19-15-14(18)9-13(17(19)20)16(15)22-23(2,3)4/h5-8,13-16H,9-10H2,1-4H3/t13-,14-,15+,16-/m0/s1. The molecule has 0 N–H and O–H groups in total. The number of halogens is 1. The molecule has 3 rings (SSSR count). The Balaban J connectivity index is 1.78. The van der Waals surface area contributed by atoms with Crippen LogP contribution in [-0.4, -0.2) is 43.2 Å². The monoisotopic (exact) mass is 397 g/mol. The zero-order valence-corrected chi connectivity index (χ0v) is 16.7. The van der Waals surface area contributed by atoms with E-state index in [1.54, 1.807) is 7.11 Å². The van der Waals surface area contributed by atoms with Crippen molar-refractivity contribution in [3.63, 3.8) is 0 Å². The second kappa shape index (κ2) is 6.22. The molecule has 4 atom stereocenters. The summed E-state index contributed by atoms with van der Waals surface area (Å²) in [6, 6.07) is 8.07. The Kier molecular flexibility index (Phi) is 4.59. The van der Waals surface area contributed by atoms with Crippen molar-refractivity contribution in [3.05, 3.63) is 29.8 Å². The molecule has 1 saturated carbocycles. The van der Waals surface area contributed by atoms with E-state index < -0.39 is 8.32 Å². The van der Waals surface area contributed by atoms with E-state index in [0.29, 0.717) is 11.4 Å². The molecule has 1 saturated heterocycles. The lowest BCUT2D eigenvalue weighted by molar-refractivity contribution is -0.134. The van der Waals surface area contributed by atoms with Gasteiger partial charge in [0.05, 0.1) is 25.2 Å². The lowest BCUT2D eigenvalue weighted by Crippen LogP contribution is -2.45. The van der Waals surface area contributed by atoms with Crippen LogP contribution in [0.1, 0.15) is 12.0 Å². The summed E-state index contributed by atoms with van der Waals surface area (Å²) in [5.74, 6) is 1.08. The van der Waals surface area contributed by atoms with Gasteiger partial charge in [-0.2, -0.15) is 0 Å². The summed E-state index contributed by atoms with van der Waals surface area (Å²) in [6.07, 6.45) is 0.925. The molecule has 23 heavy (non-hydrogen) atoms. The van der Waals surface area contributed by atoms with Crippen LogP contribution < -0.4 is 4.74 Å². The Labute approximate surface area is 147 Å². The number of rotatable bonds is 5. The SMILES string of the molecule is COc1ccc(CN2C(=O)[C@H]3C[C@H](Br)[C@@H]2[C@H]3O[Si](C)(C)C)cc1. The molecule has 0 unspecified atom stereocenters. The van der Waals surface area contributed by atoms with Crippen LogP contribution in [0, 0.1) is 5.92 Å². The van der Waals surface area contributed by atoms with Crippen LogP contribution in [0.5, 0.6) is 5.75 Å². The number of alkyl halides is 1. The highest BCUT2D eigenvalue weighted by Gasteiger charge is 2.58. The molecule has 0 spiro atoms. The molecule has 2 aliphatic rings. The lowest BCUT2D eigenvalue weighted by Gasteiger charge is -2.32. The van der Waals surface area contributed by atoms with E-state index in [1.807, 2.05) is 29.2 Å². The zero-order chi connectivity index (χ0) is 16.8. The van der Waals surface area contributed by atoms with Gasteiger partial charge in [0.25, 0.3) is 0 Å². The Bertz CT molecular complexity index is 586. The first-order chi connectivity index (χ1) is 10.8. The zero-order valence-electron chi connectivity index (χ0n) is 14.1. The van der Waals surface area contributed by atoms with Gasteiger partial charge in [-0.15, -0.1) is 0 Å². The maximum absolute atomic E-state index is 12.8. The van der Waals surface area contributed by atoms with Gasteiger partial charge in [-0.25, -0.2) is 0 Å². The number of fused-ring (bicyclic) bond motifs is 2. The summed E-state index contributed by atoms with van der Waals surface area (Å²) in [5, 5.41) is 0. The summed E-state index contributed by atoms with van der Waals surface area (Å²) < 4.78 is 11.6. The van der Waals surface area contributed by atoms with E-state index in [0.717, 1.165) is 17.7 Å². The number of methoxy groups -OCH3 is 1. The van der Waals surface area contributed by atoms with Crippen LogP contribution in [0.3, 0.4) is 0 Å². The quantitative estimate of drug-likeness (QED) is 0.564. The number of carbonyl (C=O) groups excluding carboxylic acids is 1. The third-order valence-electron chi connectivity index (χ3n) is 4.54. The normalized spacial score (nSPS) is 30.1. The first-order valence-corrected chi connectivity index (χ1v) is 12.4. The number of carbonyl (C=O) groups is 1. The largest absolute Gasteiger partial charge is 0.497 e. The van der Waals surface area contributed by atoms with E-state index in [9.17, 15) is 4.79 Å².